The molecular formula is C16H19N3O2. The average Bonchev–Trinajstić information content (AvgIpc) is 2.74. The largest absolute Gasteiger partial charge is 0.497 e. The molecule has 0 unspecified atom stereocenters. The number of hydrogen-bond acceptors (Lipinski definition) is 4. The molecule has 0 aliphatic rings. The number of methoxy groups -OCH3 is 1. The maximum atomic E-state index is 11.4. The minimum absolute atomic E-state index is 0.359. The van der Waals surface area contributed by atoms with E-state index < -0.39 is 0 Å². The highest BCUT2D eigenvalue weighted by Gasteiger charge is 2.18. The number of aldehydes is 1. The normalized spacial score (nSPS) is 10.4. The zero-order valence-electron chi connectivity index (χ0n) is 12.5. The van der Waals surface area contributed by atoms with Crippen LogP contribution in [0.15, 0.2) is 30.4 Å². The Hall–Kier alpha value is -2.56. The van der Waals surface area contributed by atoms with E-state index in [-0.39, 0.29) is 0 Å². The molecule has 0 fully saturated rings. The van der Waals surface area contributed by atoms with Gasteiger partial charge in [0.25, 0.3) is 0 Å². The van der Waals surface area contributed by atoms with Crippen LogP contribution in [0.1, 0.15) is 22.8 Å². The van der Waals surface area contributed by atoms with Crippen molar-refractivity contribution in [2.45, 2.75) is 20.4 Å². The molecule has 0 aliphatic carbocycles. The molecule has 21 heavy (non-hydrogen) atoms. The van der Waals surface area contributed by atoms with Gasteiger partial charge in [-0.2, -0.15) is 5.10 Å². The number of hydrogen-bond donors (Lipinski definition) is 1. The second-order valence-corrected chi connectivity index (χ2v) is 5.06. The zero-order chi connectivity index (χ0) is 15.6. The summed E-state index contributed by atoms with van der Waals surface area (Å²) in [5, 5.41) is 4.47. The van der Waals surface area contributed by atoms with E-state index in [0.717, 1.165) is 28.7 Å². The van der Waals surface area contributed by atoms with Gasteiger partial charge in [-0.25, -0.2) is 4.68 Å². The van der Waals surface area contributed by atoms with Crippen LogP contribution in [-0.2, 0) is 6.54 Å². The quantitative estimate of drug-likeness (QED) is 0.677. The van der Waals surface area contributed by atoms with Crippen molar-refractivity contribution in [2.75, 3.05) is 12.8 Å². The number of carbonyl (C=O) groups excluding carboxylic acids is 1. The third kappa shape index (κ3) is 2.81. The van der Waals surface area contributed by atoms with E-state index in [0.29, 0.717) is 23.6 Å². The molecule has 0 spiro atoms. The minimum atomic E-state index is 0.359. The van der Waals surface area contributed by atoms with Crippen LogP contribution in [0.5, 0.6) is 5.75 Å². The lowest BCUT2D eigenvalue weighted by atomic mass is 10.0. The molecule has 0 amide bonds. The molecule has 0 bridgehead atoms. The fraction of sp³-hybridized carbons (Fsp3) is 0.250. The van der Waals surface area contributed by atoms with E-state index in [9.17, 15) is 4.79 Å². The molecule has 110 valence electrons. The van der Waals surface area contributed by atoms with Gasteiger partial charge in [-0.05, 0) is 37.6 Å². The summed E-state index contributed by atoms with van der Waals surface area (Å²) in [6.45, 7) is 8.17. The molecule has 0 atom stereocenters. The van der Waals surface area contributed by atoms with Crippen LogP contribution in [0.25, 0.3) is 11.3 Å². The third-order valence-corrected chi connectivity index (χ3v) is 3.26. The monoisotopic (exact) mass is 285 g/mol. The van der Waals surface area contributed by atoms with Gasteiger partial charge in [-0.15, -0.1) is 0 Å². The lowest BCUT2D eigenvalue weighted by Crippen LogP contribution is -2.05. The van der Waals surface area contributed by atoms with Crippen LogP contribution >= 0.6 is 0 Å². The first-order valence-electron chi connectivity index (χ1n) is 6.58. The highest BCUT2D eigenvalue weighted by Crippen LogP contribution is 2.30. The van der Waals surface area contributed by atoms with Crippen molar-refractivity contribution in [1.82, 2.24) is 9.78 Å². The number of aryl methyl sites for hydroxylation is 1. The third-order valence-electron chi connectivity index (χ3n) is 3.26. The summed E-state index contributed by atoms with van der Waals surface area (Å²) in [5.41, 5.74) is 9.76. The maximum absolute atomic E-state index is 11.4. The molecule has 2 aromatic rings. The van der Waals surface area contributed by atoms with Crippen molar-refractivity contribution in [3.63, 3.8) is 0 Å². The minimum Gasteiger partial charge on any atom is -0.497 e. The van der Waals surface area contributed by atoms with Crippen molar-refractivity contribution in [1.29, 1.82) is 0 Å². The standard InChI is InChI=1S/C16H19N3O2/c1-10(2)8-19-16(17)14(9-20)15(18-19)13-6-5-12(21-4)7-11(13)3/h5-7,9H,1,8,17H2,2-4H3. The number of carbonyl (C=O) groups is 1. The SMILES string of the molecule is C=C(C)Cn1nc(-c2ccc(OC)cc2C)c(C=O)c1N. The number of nitrogens with two attached hydrogens (primary N) is 1. The Morgan fingerprint density at radius 2 is 2.24 bits per heavy atom. The first-order chi connectivity index (χ1) is 9.97. The fourth-order valence-corrected chi connectivity index (χ4v) is 2.21. The fourth-order valence-electron chi connectivity index (χ4n) is 2.21. The van der Waals surface area contributed by atoms with E-state index >= 15 is 0 Å². The van der Waals surface area contributed by atoms with E-state index in [1.165, 1.54) is 0 Å². The number of rotatable bonds is 5. The van der Waals surface area contributed by atoms with Gasteiger partial charge >= 0.3 is 0 Å². The number of benzene rings is 1. The number of nitrogens with zero attached hydrogens (tertiary/aromatic N) is 2. The summed E-state index contributed by atoms with van der Waals surface area (Å²) in [5.74, 6) is 1.12. The van der Waals surface area contributed by atoms with Gasteiger partial charge in [0.1, 0.15) is 17.3 Å². The zero-order valence-corrected chi connectivity index (χ0v) is 12.5. The molecule has 2 N–H and O–H groups in total. The first kappa shape index (κ1) is 14.8. The summed E-state index contributed by atoms with van der Waals surface area (Å²) in [4.78, 5) is 11.4. The summed E-state index contributed by atoms with van der Waals surface area (Å²) in [6.07, 6.45) is 0.746. The lowest BCUT2D eigenvalue weighted by Gasteiger charge is -2.06. The highest BCUT2D eigenvalue weighted by atomic mass is 16.5. The van der Waals surface area contributed by atoms with E-state index in [4.69, 9.17) is 10.5 Å². The van der Waals surface area contributed by atoms with Gasteiger partial charge < -0.3 is 10.5 Å². The number of aromatic nitrogens is 2. The van der Waals surface area contributed by atoms with Gasteiger partial charge in [0.2, 0.25) is 0 Å². The Morgan fingerprint density at radius 1 is 1.52 bits per heavy atom. The summed E-state index contributed by atoms with van der Waals surface area (Å²) >= 11 is 0. The Labute approximate surface area is 124 Å². The van der Waals surface area contributed by atoms with E-state index in [1.54, 1.807) is 11.8 Å². The molecule has 1 aromatic heterocycles. The molecule has 2 rings (SSSR count). The molecule has 5 heteroatoms. The van der Waals surface area contributed by atoms with Crippen LogP contribution < -0.4 is 10.5 Å². The Balaban J connectivity index is 2.58. The van der Waals surface area contributed by atoms with Crippen LogP contribution in [-0.4, -0.2) is 23.2 Å². The molecular weight excluding hydrogens is 266 g/mol. The molecule has 0 aliphatic heterocycles. The Morgan fingerprint density at radius 3 is 2.76 bits per heavy atom. The van der Waals surface area contributed by atoms with Gasteiger partial charge in [0.05, 0.1) is 19.2 Å². The number of ether oxygens (including phenoxy) is 1. The predicted octanol–water partition coefficient (Wildman–Crippen LogP) is 2.84. The summed E-state index contributed by atoms with van der Waals surface area (Å²) in [6, 6.07) is 5.62. The second-order valence-electron chi connectivity index (χ2n) is 5.06. The van der Waals surface area contributed by atoms with Crippen LogP contribution in [0.2, 0.25) is 0 Å². The van der Waals surface area contributed by atoms with Crippen molar-refractivity contribution in [3.05, 3.63) is 41.5 Å². The van der Waals surface area contributed by atoms with E-state index in [1.807, 2.05) is 32.0 Å². The number of anilines is 1. The van der Waals surface area contributed by atoms with Crippen LogP contribution in [0.4, 0.5) is 5.82 Å². The lowest BCUT2D eigenvalue weighted by molar-refractivity contribution is 0.112. The molecule has 5 nitrogen and oxygen atoms in total. The predicted molar refractivity (Wildman–Crippen MR) is 83.6 cm³/mol. The number of nitrogen functional groups attached to an aromatic ring is 1. The molecule has 0 radical (unpaired) electrons. The summed E-state index contributed by atoms with van der Waals surface area (Å²) in [7, 11) is 1.62. The van der Waals surface area contributed by atoms with Gasteiger partial charge in [-0.3, -0.25) is 4.79 Å². The highest BCUT2D eigenvalue weighted by molar-refractivity contribution is 5.92. The first-order valence-corrected chi connectivity index (χ1v) is 6.58. The molecule has 1 heterocycles. The maximum Gasteiger partial charge on any atom is 0.156 e. The smallest absolute Gasteiger partial charge is 0.156 e. The van der Waals surface area contributed by atoms with Crippen molar-refractivity contribution >= 4 is 12.1 Å². The van der Waals surface area contributed by atoms with E-state index in [2.05, 4.69) is 11.7 Å². The summed E-state index contributed by atoms with van der Waals surface area (Å²) < 4.78 is 6.79. The van der Waals surface area contributed by atoms with Crippen LogP contribution in [0.3, 0.4) is 0 Å². The number of allylic oxidation sites excluding steroid dienone is 1. The topological polar surface area (TPSA) is 70.1 Å². The Kier molecular flexibility index (Phi) is 4.12. The Bertz CT molecular complexity index is 702. The average molecular weight is 285 g/mol. The van der Waals surface area contributed by atoms with Crippen LogP contribution in [0, 0.1) is 6.92 Å². The molecule has 1 aromatic carbocycles. The van der Waals surface area contributed by atoms with Gasteiger partial charge in [0, 0.05) is 5.56 Å². The van der Waals surface area contributed by atoms with Gasteiger partial charge in [-0.1, -0.05) is 12.2 Å². The van der Waals surface area contributed by atoms with Crippen molar-refractivity contribution < 1.29 is 9.53 Å². The van der Waals surface area contributed by atoms with Gasteiger partial charge in [0.15, 0.2) is 6.29 Å². The molecule has 0 saturated heterocycles. The van der Waals surface area contributed by atoms with Crippen molar-refractivity contribution in [2.24, 2.45) is 0 Å². The van der Waals surface area contributed by atoms with Crippen molar-refractivity contribution in [3.8, 4) is 17.0 Å². The molecule has 0 saturated carbocycles. The second kappa shape index (κ2) is 5.83.